The molecule has 2 N–H and O–H groups in total. The van der Waals surface area contributed by atoms with Crippen molar-refractivity contribution in [2.24, 2.45) is 5.92 Å². The maximum Gasteiger partial charge on any atom is 0.401 e. The summed E-state index contributed by atoms with van der Waals surface area (Å²) in [7, 11) is 0. The third kappa shape index (κ3) is 5.14. The summed E-state index contributed by atoms with van der Waals surface area (Å²) >= 11 is 0. The van der Waals surface area contributed by atoms with Crippen LogP contribution in [0.15, 0.2) is 0 Å². The summed E-state index contributed by atoms with van der Waals surface area (Å²) in [5, 5.41) is 12.6. The molecule has 0 aromatic rings. The molecule has 0 amide bonds. The van der Waals surface area contributed by atoms with E-state index in [1.807, 2.05) is 6.92 Å². The van der Waals surface area contributed by atoms with Gasteiger partial charge in [0.15, 0.2) is 0 Å². The van der Waals surface area contributed by atoms with Gasteiger partial charge >= 0.3 is 12.1 Å². The fourth-order valence-corrected chi connectivity index (χ4v) is 2.54. The number of hydrogen-bond acceptors (Lipinski definition) is 3. The van der Waals surface area contributed by atoms with Crippen LogP contribution in [0.4, 0.5) is 13.2 Å². The normalized spacial score (nSPS) is 19.0. The van der Waals surface area contributed by atoms with E-state index in [0.717, 1.165) is 19.3 Å². The quantitative estimate of drug-likeness (QED) is 0.687. The predicted octanol–water partition coefficient (Wildman–Crippen LogP) is 2.49. The molecular weight excluding hydrogens is 285 g/mol. The van der Waals surface area contributed by atoms with E-state index >= 15 is 0 Å². The first-order chi connectivity index (χ1) is 9.62. The van der Waals surface area contributed by atoms with Crippen LogP contribution in [-0.2, 0) is 4.79 Å². The van der Waals surface area contributed by atoms with Crippen LogP contribution in [0, 0.1) is 5.92 Å². The fourth-order valence-electron chi connectivity index (χ4n) is 2.54. The summed E-state index contributed by atoms with van der Waals surface area (Å²) in [6, 6.07) is -0.368. The lowest BCUT2D eigenvalue weighted by atomic mass is 9.91. The Bertz CT molecular complexity index is 357. The number of hydrogen-bond donors (Lipinski definition) is 2. The maximum absolute atomic E-state index is 12.7. The number of halogens is 3. The van der Waals surface area contributed by atoms with Gasteiger partial charge in [-0.15, -0.1) is 0 Å². The van der Waals surface area contributed by atoms with Gasteiger partial charge in [0.2, 0.25) is 0 Å². The van der Waals surface area contributed by atoms with Crippen molar-refractivity contribution in [2.75, 3.05) is 19.6 Å². The van der Waals surface area contributed by atoms with Gasteiger partial charge < -0.3 is 10.4 Å². The SMILES string of the molecule is CCCNC(CN(CC(F)(F)F)C(C)C)(C(=O)O)C1CC1. The third-order valence-electron chi connectivity index (χ3n) is 3.91. The van der Waals surface area contributed by atoms with Crippen molar-refractivity contribution in [3.05, 3.63) is 0 Å². The highest BCUT2D eigenvalue weighted by Gasteiger charge is 2.52. The Morgan fingerprint density at radius 3 is 2.24 bits per heavy atom. The second-order valence-electron chi connectivity index (χ2n) is 6.09. The molecule has 1 unspecified atom stereocenters. The van der Waals surface area contributed by atoms with Crippen molar-refractivity contribution in [2.45, 2.75) is 57.8 Å². The van der Waals surface area contributed by atoms with Crippen molar-refractivity contribution in [3.63, 3.8) is 0 Å². The molecule has 4 nitrogen and oxygen atoms in total. The lowest BCUT2D eigenvalue weighted by molar-refractivity contribution is -0.160. The van der Waals surface area contributed by atoms with Gasteiger partial charge in [-0.1, -0.05) is 6.92 Å². The predicted molar refractivity (Wildman–Crippen MR) is 74.1 cm³/mol. The average molecular weight is 310 g/mol. The summed E-state index contributed by atoms with van der Waals surface area (Å²) in [6.45, 7) is 4.50. The Kier molecular flexibility index (Phi) is 6.04. The molecule has 0 radical (unpaired) electrons. The van der Waals surface area contributed by atoms with Gasteiger partial charge in [-0.25, -0.2) is 0 Å². The van der Waals surface area contributed by atoms with Crippen LogP contribution < -0.4 is 5.32 Å². The lowest BCUT2D eigenvalue weighted by Gasteiger charge is -2.38. The van der Waals surface area contributed by atoms with E-state index in [1.54, 1.807) is 13.8 Å². The maximum atomic E-state index is 12.7. The monoisotopic (exact) mass is 310 g/mol. The zero-order valence-corrected chi connectivity index (χ0v) is 12.8. The van der Waals surface area contributed by atoms with E-state index in [0.29, 0.717) is 6.54 Å². The molecule has 1 fully saturated rings. The van der Waals surface area contributed by atoms with Gasteiger partial charge in [0, 0.05) is 12.6 Å². The first kappa shape index (κ1) is 18.2. The topological polar surface area (TPSA) is 52.6 Å². The number of aliphatic carboxylic acids is 1. The molecule has 0 spiro atoms. The van der Waals surface area contributed by atoms with Crippen molar-refractivity contribution < 1.29 is 23.1 Å². The Labute approximate surface area is 123 Å². The van der Waals surface area contributed by atoms with E-state index in [9.17, 15) is 23.1 Å². The van der Waals surface area contributed by atoms with Crippen LogP contribution >= 0.6 is 0 Å². The average Bonchev–Trinajstić information content (AvgIpc) is 3.15. The molecule has 0 saturated heterocycles. The van der Waals surface area contributed by atoms with E-state index < -0.39 is 24.2 Å². The van der Waals surface area contributed by atoms with Gasteiger partial charge in [-0.05, 0) is 45.6 Å². The van der Waals surface area contributed by atoms with E-state index in [-0.39, 0.29) is 18.5 Å². The molecule has 1 atom stereocenters. The van der Waals surface area contributed by atoms with Crippen LogP contribution in [0.25, 0.3) is 0 Å². The molecular formula is C14H25F3N2O2. The fraction of sp³-hybridized carbons (Fsp3) is 0.929. The smallest absolute Gasteiger partial charge is 0.401 e. The summed E-state index contributed by atoms with van der Waals surface area (Å²) in [4.78, 5) is 13.0. The van der Waals surface area contributed by atoms with Crippen molar-refractivity contribution in [1.82, 2.24) is 10.2 Å². The number of carboxylic acids is 1. The molecule has 21 heavy (non-hydrogen) atoms. The third-order valence-corrected chi connectivity index (χ3v) is 3.91. The van der Waals surface area contributed by atoms with Crippen LogP contribution in [0.3, 0.4) is 0 Å². The van der Waals surface area contributed by atoms with Crippen LogP contribution in [0.5, 0.6) is 0 Å². The number of carboxylic acid groups (broad SMARTS) is 1. The highest BCUT2D eigenvalue weighted by Crippen LogP contribution is 2.41. The summed E-state index contributed by atoms with van der Waals surface area (Å²) in [6.07, 6.45) is -2.09. The van der Waals surface area contributed by atoms with Gasteiger partial charge in [-0.3, -0.25) is 9.69 Å². The second-order valence-corrected chi connectivity index (χ2v) is 6.09. The summed E-state index contributed by atoms with van der Waals surface area (Å²) in [5.74, 6) is -1.14. The lowest BCUT2D eigenvalue weighted by Crippen LogP contribution is -2.62. The molecule has 0 bridgehead atoms. The summed E-state index contributed by atoms with van der Waals surface area (Å²) in [5.41, 5.74) is -1.27. The molecule has 1 aliphatic carbocycles. The Hall–Kier alpha value is -0.820. The molecule has 0 heterocycles. The minimum absolute atomic E-state index is 0.0870. The van der Waals surface area contributed by atoms with E-state index in [4.69, 9.17) is 0 Å². The molecule has 1 rings (SSSR count). The number of alkyl halides is 3. The van der Waals surface area contributed by atoms with Gasteiger partial charge in [0.05, 0.1) is 6.54 Å². The van der Waals surface area contributed by atoms with E-state index in [1.165, 1.54) is 4.90 Å². The molecule has 0 aliphatic heterocycles. The Morgan fingerprint density at radius 2 is 1.90 bits per heavy atom. The van der Waals surface area contributed by atoms with Gasteiger partial charge in [0.25, 0.3) is 0 Å². The minimum atomic E-state index is -4.33. The molecule has 7 heteroatoms. The van der Waals surface area contributed by atoms with Crippen molar-refractivity contribution >= 4 is 5.97 Å². The largest absolute Gasteiger partial charge is 0.480 e. The Balaban J connectivity index is 2.93. The van der Waals surface area contributed by atoms with Gasteiger partial charge in [-0.2, -0.15) is 13.2 Å². The molecule has 1 saturated carbocycles. The molecule has 0 aromatic carbocycles. The van der Waals surface area contributed by atoms with E-state index in [2.05, 4.69) is 5.32 Å². The summed E-state index contributed by atoms with van der Waals surface area (Å²) < 4.78 is 38.1. The van der Waals surface area contributed by atoms with Crippen LogP contribution in [0.2, 0.25) is 0 Å². The highest BCUT2D eigenvalue weighted by atomic mass is 19.4. The first-order valence-corrected chi connectivity index (χ1v) is 7.41. The zero-order valence-electron chi connectivity index (χ0n) is 12.8. The molecule has 0 aromatic heterocycles. The Morgan fingerprint density at radius 1 is 1.33 bits per heavy atom. The molecule has 1 aliphatic rings. The number of rotatable bonds is 9. The van der Waals surface area contributed by atoms with Gasteiger partial charge in [0.1, 0.15) is 5.54 Å². The van der Waals surface area contributed by atoms with Crippen molar-refractivity contribution in [1.29, 1.82) is 0 Å². The number of nitrogens with zero attached hydrogens (tertiary/aromatic N) is 1. The standard InChI is InChI=1S/C14H25F3N2O2/c1-4-7-18-13(12(20)21,11-5-6-11)8-19(10(2)3)9-14(15,16)17/h10-11,18H,4-9H2,1-3H3,(H,20,21). The number of nitrogens with one attached hydrogen (secondary N) is 1. The van der Waals surface area contributed by atoms with Crippen LogP contribution in [-0.4, -0.2) is 53.4 Å². The van der Waals surface area contributed by atoms with Crippen LogP contribution in [0.1, 0.15) is 40.0 Å². The zero-order chi connectivity index (χ0) is 16.3. The number of carbonyl (C=O) groups is 1. The first-order valence-electron chi connectivity index (χ1n) is 7.41. The van der Waals surface area contributed by atoms with Crippen molar-refractivity contribution in [3.8, 4) is 0 Å². The minimum Gasteiger partial charge on any atom is -0.480 e. The highest BCUT2D eigenvalue weighted by molar-refractivity contribution is 5.80. The second kappa shape index (κ2) is 6.96. The molecule has 124 valence electrons.